The third-order valence-electron chi connectivity index (χ3n) is 5.42. The first kappa shape index (κ1) is 22.0. The lowest BCUT2D eigenvalue weighted by molar-refractivity contribution is 0.250. The van der Waals surface area contributed by atoms with Crippen LogP contribution in [0.15, 0.2) is 82.6 Å². The van der Waals surface area contributed by atoms with Crippen LogP contribution in [0.4, 0.5) is 10.5 Å². The fourth-order valence-corrected chi connectivity index (χ4v) is 5.06. The molecule has 2 amide bonds. The van der Waals surface area contributed by atoms with Gasteiger partial charge in [-0.05, 0) is 42.8 Å². The molecule has 7 nitrogen and oxygen atoms in total. The summed E-state index contributed by atoms with van der Waals surface area (Å²) in [6.45, 7) is 4.15. The molecule has 0 spiro atoms. The molecule has 0 unspecified atom stereocenters. The number of anilines is 1. The highest BCUT2D eigenvalue weighted by atomic mass is 32.2. The van der Waals surface area contributed by atoms with Crippen molar-refractivity contribution in [3.8, 4) is 11.1 Å². The smallest absolute Gasteiger partial charge is 0.319 e. The van der Waals surface area contributed by atoms with E-state index in [9.17, 15) is 13.2 Å². The lowest BCUT2D eigenvalue weighted by atomic mass is 10.0. The van der Waals surface area contributed by atoms with Crippen LogP contribution in [0.5, 0.6) is 0 Å². The summed E-state index contributed by atoms with van der Waals surface area (Å²) in [6, 6.07) is 20.7. The minimum atomic E-state index is -3.74. The van der Waals surface area contributed by atoms with Gasteiger partial charge in [-0.3, -0.25) is 10.9 Å². The van der Waals surface area contributed by atoms with Crippen LogP contribution in [0.25, 0.3) is 11.1 Å². The third-order valence-corrected chi connectivity index (χ3v) is 7.25. The Labute approximate surface area is 188 Å². The van der Waals surface area contributed by atoms with Crippen LogP contribution in [-0.2, 0) is 9.84 Å². The summed E-state index contributed by atoms with van der Waals surface area (Å²) in [5.74, 6) is 0.335. The van der Waals surface area contributed by atoms with Crippen LogP contribution in [-0.4, -0.2) is 34.1 Å². The van der Waals surface area contributed by atoms with Gasteiger partial charge in [0.15, 0.2) is 0 Å². The van der Waals surface area contributed by atoms with Crippen LogP contribution in [0.3, 0.4) is 0 Å². The van der Waals surface area contributed by atoms with Crippen molar-refractivity contribution in [2.75, 3.05) is 25.0 Å². The van der Waals surface area contributed by atoms with Crippen molar-refractivity contribution in [1.29, 1.82) is 0 Å². The third kappa shape index (κ3) is 4.99. The van der Waals surface area contributed by atoms with E-state index >= 15 is 0 Å². The molecule has 32 heavy (non-hydrogen) atoms. The molecule has 166 valence electrons. The molecular formula is C24H26N4O3S. The Hall–Kier alpha value is -3.20. The maximum absolute atomic E-state index is 13.4. The molecule has 0 saturated carbocycles. The normalized spacial score (nSPS) is 14.3. The molecule has 0 bridgehead atoms. The van der Waals surface area contributed by atoms with E-state index in [0.29, 0.717) is 23.7 Å². The summed E-state index contributed by atoms with van der Waals surface area (Å²) < 4.78 is 26.7. The molecular weight excluding hydrogens is 424 g/mol. The van der Waals surface area contributed by atoms with Crippen LogP contribution in [0.1, 0.15) is 5.56 Å². The predicted molar refractivity (Wildman–Crippen MR) is 125 cm³/mol. The van der Waals surface area contributed by atoms with Crippen LogP contribution in [0.2, 0.25) is 0 Å². The van der Waals surface area contributed by atoms with Gasteiger partial charge >= 0.3 is 6.03 Å². The van der Waals surface area contributed by atoms with E-state index in [0.717, 1.165) is 24.2 Å². The number of carbonyl (C=O) groups excluding carboxylic acids is 1. The van der Waals surface area contributed by atoms with E-state index < -0.39 is 9.84 Å². The Bertz CT molecular complexity index is 1190. The zero-order chi connectivity index (χ0) is 22.6. The summed E-state index contributed by atoms with van der Waals surface area (Å²) in [5, 5.41) is 5.57. The van der Waals surface area contributed by atoms with Gasteiger partial charge in [-0.2, -0.15) is 0 Å². The van der Waals surface area contributed by atoms with E-state index in [1.54, 1.807) is 24.3 Å². The second-order valence-electron chi connectivity index (χ2n) is 7.85. The first-order chi connectivity index (χ1) is 15.4. The number of hydrogen-bond acceptors (Lipinski definition) is 5. The molecule has 1 aliphatic heterocycles. The quantitative estimate of drug-likeness (QED) is 0.462. The highest BCUT2D eigenvalue weighted by Gasteiger charge is 2.22. The predicted octanol–water partition coefficient (Wildman–Crippen LogP) is 3.34. The van der Waals surface area contributed by atoms with Crippen molar-refractivity contribution in [3.05, 3.63) is 78.4 Å². The first-order valence-electron chi connectivity index (χ1n) is 10.5. The Morgan fingerprint density at radius 1 is 0.938 bits per heavy atom. The van der Waals surface area contributed by atoms with E-state index in [2.05, 4.69) is 21.5 Å². The van der Waals surface area contributed by atoms with Crippen molar-refractivity contribution < 1.29 is 13.2 Å². The van der Waals surface area contributed by atoms with Crippen molar-refractivity contribution in [2.45, 2.75) is 16.7 Å². The molecule has 0 aliphatic carbocycles. The average Bonchev–Trinajstić information content (AvgIpc) is 3.32. The number of urea groups is 1. The molecule has 0 atom stereocenters. The summed E-state index contributed by atoms with van der Waals surface area (Å²) in [7, 11) is -3.74. The second kappa shape index (κ2) is 9.52. The molecule has 1 aliphatic rings. The summed E-state index contributed by atoms with van der Waals surface area (Å²) in [5.41, 5.74) is 9.17. The number of amides is 2. The Balaban J connectivity index is 1.50. The van der Waals surface area contributed by atoms with E-state index in [4.69, 9.17) is 0 Å². The number of hydrogen-bond donors (Lipinski definition) is 4. The van der Waals surface area contributed by atoms with Gasteiger partial charge in [0.05, 0.1) is 9.79 Å². The highest BCUT2D eigenvalue weighted by molar-refractivity contribution is 7.91. The Morgan fingerprint density at radius 3 is 2.28 bits per heavy atom. The van der Waals surface area contributed by atoms with Gasteiger partial charge in [0, 0.05) is 36.8 Å². The molecule has 0 aromatic heterocycles. The average molecular weight is 451 g/mol. The minimum absolute atomic E-state index is 0.172. The number of carbonyl (C=O) groups is 1. The lowest BCUT2D eigenvalue weighted by Gasteiger charge is -2.13. The van der Waals surface area contributed by atoms with E-state index in [1.165, 1.54) is 12.1 Å². The molecule has 4 N–H and O–H groups in total. The van der Waals surface area contributed by atoms with E-state index in [1.807, 2.05) is 43.3 Å². The zero-order valence-electron chi connectivity index (χ0n) is 17.8. The van der Waals surface area contributed by atoms with Gasteiger partial charge in [-0.1, -0.05) is 48.0 Å². The zero-order valence-corrected chi connectivity index (χ0v) is 18.6. The second-order valence-corrected chi connectivity index (χ2v) is 9.77. The van der Waals surface area contributed by atoms with Gasteiger partial charge in [0.2, 0.25) is 9.84 Å². The summed E-state index contributed by atoms with van der Waals surface area (Å²) in [6.07, 6.45) is 0. The monoisotopic (exact) mass is 450 g/mol. The molecule has 1 heterocycles. The number of aryl methyl sites for hydroxylation is 1. The standard InChI is InChI=1S/C24H26N4O3S/c1-17-6-8-19(9-7-17)22-4-2-3-5-23(22)32(30,31)21-12-10-20(11-13-21)28-24(29)25-14-18-15-26-27-16-18/h2-13,18,26-27H,14-16H2,1H3,(H2,25,28,29). The summed E-state index contributed by atoms with van der Waals surface area (Å²) >= 11 is 0. The number of benzene rings is 3. The minimum Gasteiger partial charge on any atom is -0.337 e. The number of rotatable bonds is 6. The first-order valence-corrected chi connectivity index (χ1v) is 11.9. The Morgan fingerprint density at radius 2 is 1.59 bits per heavy atom. The number of hydrazine groups is 1. The van der Waals surface area contributed by atoms with Crippen LogP contribution >= 0.6 is 0 Å². The van der Waals surface area contributed by atoms with Gasteiger partial charge in [-0.25, -0.2) is 13.2 Å². The van der Waals surface area contributed by atoms with Crippen LogP contribution < -0.4 is 21.5 Å². The molecule has 3 aromatic carbocycles. The van der Waals surface area contributed by atoms with Crippen molar-refractivity contribution in [3.63, 3.8) is 0 Å². The number of sulfone groups is 1. The van der Waals surface area contributed by atoms with Gasteiger partial charge < -0.3 is 10.6 Å². The fourth-order valence-electron chi connectivity index (χ4n) is 3.58. The molecule has 1 saturated heterocycles. The maximum Gasteiger partial charge on any atom is 0.319 e. The number of nitrogens with one attached hydrogen (secondary N) is 4. The molecule has 8 heteroatoms. The summed E-state index contributed by atoms with van der Waals surface area (Å²) in [4.78, 5) is 12.5. The Kier molecular flexibility index (Phi) is 6.55. The van der Waals surface area contributed by atoms with Crippen LogP contribution in [0, 0.1) is 12.8 Å². The SMILES string of the molecule is Cc1ccc(-c2ccccc2S(=O)(=O)c2ccc(NC(=O)NCC3CNNC3)cc2)cc1. The molecule has 3 aromatic rings. The fraction of sp³-hybridized carbons (Fsp3) is 0.208. The highest BCUT2D eigenvalue weighted by Crippen LogP contribution is 2.32. The van der Waals surface area contributed by atoms with Gasteiger partial charge in [0.1, 0.15) is 0 Å². The maximum atomic E-state index is 13.4. The molecule has 1 fully saturated rings. The van der Waals surface area contributed by atoms with Crippen molar-refractivity contribution in [1.82, 2.24) is 16.2 Å². The van der Waals surface area contributed by atoms with Gasteiger partial charge in [-0.15, -0.1) is 0 Å². The van der Waals surface area contributed by atoms with Gasteiger partial charge in [0.25, 0.3) is 0 Å². The van der Waals surface area contributed by atoms with E-state index in [-0.39, 0.29) is 15.8 Å². The molecule has 0 radical (unpaired) electrons. The van der Waals surface area contributed by atoms with Crippen molar-refractivity contribution in [2.24, 2.45) is 5.92 Å². The largest absolute Gasteiger partial charge is 0.337 e. The van der Waals surface area contributed by atoms with Crippen molar-refractivity contribution >= 4 is 21.6 Å². The topological polar surface area (TPSA) is 99.3 Å². The lowest BCUT2D eigenvalue weighted by Crippen LogP contribution is -2.34. The molecule has 4 rings (SSSR count).